The molecule has 1 heterocycles. The van der Waals surface area contributed by atoms with Gasteiger partial charge in [0.15, 0.2) is 5.96 Å². The molecule has 4 nitrogen and oxygen atoms in total. The molecular weight excluding hydrogens is 280 g/mol. The van der Waals surface area contributed by atoms with Crippen LogP contribution in [0.3, 0.4) is 0 Å². The molecule has 0 aromatic carbocycles. The number of hydrogen-bond donors (Lipinski definition) is 2. The lowest BCUT2D eigenvalue weighted by Gasteiger charge is -2.30. The first-order valence-electron chi connectivity index (χ1n) is 8.35. The predicted molar refractivity (Wildman–Crippen MR) is 96.4 cm³/mol. The Labute approximate surface area is 135 Å². The Balaban J connectivity index is 2.22. The second-order valence-corrected chi connectivity index (χ2v) is 7.49. The van der Waals surface area contributed by atoms with Gasteiger partial charge >= 0.3 is 0 Å². The number of thioether (sulfide) groups is 1. The lowest BCUT2D eigenvalue weighted by molar-refractivity contribution is 0.173. The fraction of sp³-hybridized carbons (Fsp3) is 0.938. The second kappa shape index (κ2) is 10.3. The van der Waals surface area contributed by atoms with Gasteiger partial charge in [-0.1, -0.05) is 0 Å². The van der Waals surface area contributed by atoms with Crippen molar-refractivity contribution in [1.29, 1.82) is 0 Å². The molecule has 0 aromatic rings. The molecule has 5 heteroatoms. The zero-order valence-electron chi connectivity index (χ0n) is 14.5. The van der Waals surface area contributed by atoms with E-state index in [0.717, 1.165) is 25.5 Å². The van der Waals surface area contributed by atoms with Gasteiger partial charge in [-0.2, -0.15) is 11.8 Å². The molecule has 0 bridgehead atoms. The van der Waals surface area contributed by atoms with Crippen LogP contribution in [0.25, 0.3) is 0 Å². The molecule has 0 amide bonds. The van der Waals surface area contributed by atoms with E-state index in [-0.39, 0.29) is 0 Å². The van der Waals surface area contributed by atoms with E-state index in [9.17, 15) is 0 Å². The first kappa shape index (κ1) is 18.6. The van der Waals surface area contributed by atoms with Crippen LogP contribution in [0.1, 0.15) is 47.0 Å². The van der Waals surface area contributed by atoms with Crippen LogP contribution < -0.4 is 10.6 Å². The van der Waals surface area contributed by atoms with Crippen molar-refractivity contribution in [2.75, 3.05) is 31.6 Å². The van der Waals surface area contributed by atoms with E-state index < -0.39 is 0 Å². The quantitative estimate of drug-likeness (QED) is 0.430. The molecule has 124 valence electrons. The molecule has 1 aliphatic heterocycles. The van der Waals surface area contributed by atoms with E-state index in [4.69, 9.17) is 0 Å². The van der Waals surface area contributed by atoms with Crippen LogP contribution in [0.15, 0.2) is 4.99 Å². The number of aliphatic imine (C=N–C) groups is 1. The summed E-state index contributed by atoms with van der Waals surface area (Å²) >= 11 is 2.04. The average molecular weight is 315 g/mol. The van der Waals surface area contributed by atoms with Gasteiger partial charge in [-0.25, -0.2) is 0 Å². The molecule has 1 rings (SSSR count). The van der Waals surface area contributed by atoms with Crippen molar-refractivity contribution in [1.82, 2.24) is 15.5 Å². The summed E-state index contributed by atoms with van der Waals surface area (Å²) in [5.41, 5.74) is 0. The van der Waals surface area contributed by atoms with Gasteiger partial charge in [-0.05, 0) is 52.7 Å². The summed E-state index contributed by atoms with van der Waals surface area (Å²) in [7, 11) is 1.86. The summed E-state index contributed by atoms with van der Waals surface area (Å²) in [5, 5.41) is 7.00. The van der Waals surface area contributed by atoms with E-state index in [1.165, 1.54) is 24.3 Å². The monoisotopic (exact) mass is 314 g/mol. The maximum atomic E-state index is 4.34. The zero-order valence-corrected chi connectivity index (χ0v) is 15.3. The minimum atomic E-state index is 0.581. The van der Waals surface area contributed by atoms with Gasteiger partial charge in [0.25, 0.3) is 0 Å². The summed E-state index contributed by atoms with van der Waals surface area (Å²) < 4.78 is 0. The van der Waals surface area contributed by atoms with Crippen molar-refractivity contribution in [3.8, 4) is 0 Å². The molecule has 0 radical (unpaired) electrons. The van der Waals surface area contributed by atoms with Crippen molar-refractivity contribution in [3.63, 3.8) is 0 Å². The van der Waals surface area contributed by atoms with Gasteiger partial charge in [0, 0.05) is 44.0 Å². The first-order valence-corrected chi connectivity index (χ1v) is 9.50. The number of nitrogens with one attached hydrogen (secondary N) is 2. The fourth-order valence-electron chi connectivity index (χ4n) is 2.82. The minimum absolute atomic E-state index is 0.581. The summed E-state index contributed by atoms with van der Waals surface area (Å²) in [6.45, 7) is 11.2. The third kappa shape index (κ3) is 7.41. The largest absolute Gasteiger partial charge is 0.356 e. The summed E-state index contributed by atoms with van der Waals surface area (Å²) in [6, 6.07) is 1.81. The van der Waals surface area contributed by atoms with Gasteiger partial charge in [-0.3, -0.25) is 9.89 Å². The van der Waals surface area contributed by atoms with Crippen LogP contribution in [0, 0.1) is 0 Å². The zero-order chi connectivity index (χ0) is 15.7. The molecule has 0 spiro atoms. The van der Waals surface area contributed by atoms with Gasteiger partial charge in [0.2, 0.25) is 0 Å². The van der Waals surface area contributed by atoms with Gasteiger partial charge in [0.05, 0.1) is 0 Å². The number of hydrogen-bond acceptors (Lipinski definition) is 3. The van der Waals surface area contributed by atoms with Crippen LogP contribution in [0.5, 0.6) is 0 Å². The highest BCUT2D eigenvalue weighted by atomic mass is 32.2. The van der Waals surface area contributed by atoms with Crippen molar-refractivity contribution in [2.24, 2.45) is 4.99 Å². The van der Waals surface area contributed by atoms with Crippen molar-refractivity contribution >= 4 is 17.7 Å². The lowest BCUT2D eigenvalue weighted by atomic mass is 10.2. The van der Waals surface area contributed by atoms with Gasteiger partial charge in [-0.15, -0.1) is 0 Å². The van der Waals surface area contributed by atoms with Crippen LogP contribution in [-0.2, 0) is 0 Å². The molecular formula is C16H34N4S. The highest BCUT2D eigenvalue weighted by Gasteiger charge is 2.15. The van der Waals surface area contributed by atoms with E-state index in [1.54, 1.807) is 0 Å². The van der Waals surface area contributed by atoms with Crippen LogP contribution in [0.4, 0.5) is 0 Å². The number of guanidine groups is 1. The Morgan fingerprint density at radius 1 is 1.29 bits per heavy atom. The Morgan fingerprint density at radius 2 is 2.00 bits per heavy atom. The standard InChI is InChI=1S/C16H34N4S/c1-13(2)20(14(3)4)10-7-9-18-16(17-5)19-15-8-6-11-21-12-15/h13-15H,6-12H2,1-5H3,(H2,17,18,19). The molecule has 1 saturated heterocycles. The topological polar surface area (TPSA) is 39.7 Å². The van der Waals surface area contributed by atoms with E-state index >= 15 is 0 Å². The summed E-state index contributed by atoms with van der Waals surface area (Å²) in [4.78, 5) is 6.88. The Hall–Kier alpha value is -0.420. The highest BCUT2D eigenvalue weighted by Crippen LogP contribution is 2.16. The molecule has 0 aliphatic carbocycles. The Bertz CT molecular complexity index is 291. The maximum Gasteiger partial charge on any atom is 0.191 e. The summed E-state index contributed by atoms with van der Waals surface area (Å²) in [5.74, 6) is 3.47. The molecule has 1 atom stereocenters. The van der Waals surface area contributed by atoms with Crippen LogP contribution in [0.2, 0.25) is 0 Å². The van der Waals surface area contributed by atoms with Crippen molar-refractivity contribution in [2.45, 2.75) is 65.1 Å². The van der Waals surface area contributed by atoms with Crippen molar-refractivity contribution in [3.05, 3.63) is 0 Å². The SMILES string of the molecule is CN=C(NCCCN(C(C)C)C(C)C)NC1CCCSC1. The molecule has 1 fully saturated rings. The molecule has 1 unspecified atom stereocenters. The third-order valence-corrected chi connectivity index (χ3v) is 5.15. The highest BCUT2D eigenvalue weighted by molar-refractivity contribution is 7.99. The van der Waals surface area contributed by atoms with Crippen molar-refractivity contribution < 1.29 is 0 Å². The molecule has 0 saturated carbocycles. The maximum absolute atomic E-state index is 4.34. The van der Waals surface area contributed by atoms with Gasteiger partial charge in [0.1, 0.15) is 0 Å². The smallest absolute Gasteiger partial charge is 0.191 e. The lowest BCUT2D eigenvalue weighted by Crippen LogP contribution is -2.46. The Morgan fingerprint density at radius 3 is 2.52 bits per heavy atom. The number of nitrogens with zero attached hydrogens (tertiary/aromatic N) is 2. The van der Waals surface area contributed by atoms with Crippen LogP contribution in [-0.4, -0.2) is 60.6 Å². The minimum Gasteiger partial charge on any atom is -0.356 e. The normalized spacial score (nSPS) is 20.4. The van der Waals surface area contributed by atoms with E-state index in [1.807, 2.05) is 18.8 Å². The first-order chi connectivity index (χ1) is 10.0. The average Bonchev–Trinajstić information content (AvgIpc) is 2.46. The van der Waals surface area contributed by atoms with Gasteiger partial charge < -0.3 is 10.6 Å². The molecule has 2 N–H and O–H groups in total. The predicted octanol–water partition coefficient (Wildman–Crippen LogP) is 2.56. The fourth-order valence-corrected chi connectivity index (χ4v) is 3.90. The number of rotatable bonds is 7. The summed E-state index contributed by atoms with van der Waals surface area (Å²) in [6.07, 6.45) is 3.73. The second-order valence-electron chi connectivity index (χ2n) is 6.34. The molecule has 21 heavy (non-hydrogen) atoms. The Kier molecular flexibility index (Phi) is 9.16. The molecule has 0 aromatic heterocycles. The molecule has 1 aliphatic rings. The van der Waals surface area contributed by atoms with Crippen LogP contribution >= 0.6 is 11.8 Å². The van der Waals surface area contributed by atoms with E-state index in [2.05, 4.69) is 48.2 Å². The third-order valence-electron chi connectivity index (χ3n) is 3.94. The van der Waals surface area contributed by atoms with E-state index in [0.29, 0.717) is 18.1 Å².